The maximum absolute atomic E-state index is 12.6. The number of ketones is 1. The second kappa shape index (κ2) is 7.06. The molecule has 0 amide bonds. The van der Waals surface area contributed by atoms with Crippen LogP contribution in [0.2, 0.25) is 0 Å². The smallest absolute Gasteiger partial charge is 0.316 e. The Bertz CT molecular complexity index is 306. The quantitative estimate of drug-likeness (QED) is 0.443. The largest absolute Gasteiger partial charge is 0.465 e. The van der Waals surface area contributed by atoms with Crippen molar-refractivity contribution in [1.82, 2.24) is 0 Å². The van der Waals surface area contributed by atoms with Crippen LogP contribution >= 0.6 is 0 Å². The van der Waals surface area contributed by atoms with Crippen LogP contribution in [-0.2, 0) is 14.3 Å². The van der Waals surface area contributed by atoms with Crippen molar-refractivity contribution in [2.75, 3.05) is 6.61 Å². The van der Waals surface area contributed by atoms with E-state index in [4.69, 9.17) is 4.74 Å². The van der Waals surface area contributed by atoms with Gasteiger partial charge in [-0.3, -0.25) is 9.59 Å². The van der Waals surface area contributed by atoms with Gasteiger partial charge in [0.1, 0.15) is 5.92 Å². The highest BCUT2D eigenvalue weighted by atomic mass is 16.5. The number of hydrogen-bond acceptors (Lipinski definition) is 3. The Morgan fingerprint density at radius 2 is 1.63 bits per heavy atom. The Hall–Kier alpha value is -0.860. The molecule has 110 valence electrons. The minimum absolute atomic E-state index is 0.0397. The van der Waals surface area contributed by atoms with Gasteiger partial charge in [0, 0.05) is 5.41 Å². The first-order valence-corrected chi connectivity index (χ1v) is 7.59. The zero-order valence-corrected chi connectivity index (χ0v) is 12.8. The molecular formula is C16H28O3. The molecule has 0 aromatic carbocycles. The molecule has 19 heavy (non-hydrogen) atoms. The number of rotatable bonds is 4. The average Bonchev–Trinajstić information content (AvgIpc) is 2.57. The van der Waals surface area contributed by atoms with E-state index in [0.29, 0.717) is 6.61 Å². The molecule has 1 aliphatic carbocycles. The van der Waals surface area contributed by atoms with Crippen LogP contribution in [0.1, 0.15) is 66.2 Å². The van der Waals surface area contributed by atoms with E-state index in [-0.39, 0.29) is 17.7 Å². The first-order chi connectivity index (χ1) is 8.88. The molecule has 0 aliphatic heterocycles. The molecule has 0 spiro atoms. The van der Waals surface area contributed by atoms with E-state index in [9.17, 15) is 9.59 Å². The minimum Gasteiger partial charge on any atom is -0.465 e. The third-order valence-electron chi connectivity index (χ3n) is 3.93. The number of carbonyl (C=O) groups excluding carboxylic acids is 2. The molecule has 1 atom stereocenters. The molecule has 1 fully saturated rings. The van der Waals surface area contributed by atoms with E-state index in [1.807, 2.05) is 20.8 Å². The van der Waals surface area contributed by atoms with Crippen LogP contribution in [0.4, 0.5) is 0 Å². The molecule has 1 saturated carbocycles. The van der Waals surface area contributed by atoms with Crippen LogP contribution in [-0.4, -0.2) is 18.4 Å². The summed E-state index contributed by atoms with van der Waals surface area (Å²) in [6, 6.07) is 0. The number of esters is 1. The molecule has 3 heteroatoms. The maximum atomic E-state index is 12.6. The average molecular weight is 268 g/mol. The van der Waals surface area contributed by atoms with Crippen molar-refractivity contribution < 1.29 is 14.3 Å². The van der Waals surface area contributed by atoms with Gasteiger partial charge in [-0.05, 0) is 25.7 Å². The molecule has 0 aromatic heterocycles. The fourth-order valence-electron chi connectivity index (χ4n) is 2.86. The fraction of sp³-hybridized carbons (Fsp3) is 0.875. The Balaban J connectivity index is 2.90. The summed E-state index contributed by atoms with van der Waals surface area (Å²) < 4.78 is 5.15. The van der Waals surface area contributed by atoms with Crippen molar-refractivity contribution in [3.63, 3.8) is 0 Å². The minimum atomic E-state index is -0.557. The number of Topliss-reactive ketones (excluding diaryl/α,β-unsaturated/α-hetero) is 1. The van der Waals surface area contributed by atoms with Crippen molar-refractivity contribution >= 4 is 11.8 Å². The molecule has 1 aliphatic rings. The summed E-state index contributed by atoms with van der Waals surface area (Å²) in [5, 5.41) is 0. The van der Waals surface area contributed by atoms with E-state index in [2.05, 4.69) is 0 Å². The van der Waals surface area contributed by atoms with Crippen LogP contribution in [0.3, 0.4) is 0 Å². The molecular weight excluding hydrogens is 240 g/mol. The van der Waals surface area contributed by atoms with E-state index in [1.165, 1.54) is 12.8 Å². The van der Waals surface area contributed by atoms with Gasteiger partial charge in [0.2, 0.25) is 0 Å². The summed E-state index contributed by atoms with van der Waals surface area (Å²) in [7, 11) is 0. The van der Waals surface area contributed by atoms with Crippen LogP contribution in [0.15, 0.2) is 0 Å². The van der Waals surface area contributed by atoms with Gasteiger partial charge < -0.3 is 4.74 Å². The molecule has 0 N–H and O–H groups in total. The van der Waals surface area contributed by atoms with Gasteiger partial charge in [-0.15, -0.1) is 0 Å². The molecule has 0 aromatic rings. The number of hydrogen-bond donors (Lipinski definition) is 0. The van der Waals surface area contributed by atoms with Crippen molar-refractivity contribution in [3.8, 4) is 0 Å². The van der Waals surface area contributed by atoms with Gasteiger partial charge in [-0.25, -0.2) is 0 Å². The predicted molar refractivity (Wildman–Crippen MR) is 75.8 cm³/mol. The highest BCUT2D eigenvalue weighted by Crippen LogP contribution is 2.34. The van der Waals surface area contributed by atoms with E-state index in [0.717, 1.165) is 25.7 Å². The summed E-state index contributed by atoms with van der Waals surface area (Å²) >= 11 is 0. The first-order valence-electron chi connectivity index (χ1n) is 7.59. The molecule has 1 unspecified atom stereocenters. The Morgan fingerprint density at radius 3 is 2.05 bits per heavy atom. The normalized spacial score (nSPS) is 19.6. The van der Waals surface area contributed by atoms with Crippen LogP contribution in [0.5, 0.6) is 0 Å². The lowest BCUT2D eigenvalue weighted by Gasteiger charge is -2.29. The zero-order valence-electron chi connectivity index (χ0n) is 12.8. The predicted octanol–water partition coefficient (Wildman–Crippen LogP) is 3.75. The van der Waals surface area contributed by atoms with Gasteiger partial charge >= 0.3 is 5.97 Å². The molecule has 0 saturated heterocycles. The Kier molecular flexibility index (Phi) is 6.02. The summed E-state index contributed by atoms with van der Waals surface area (Å²) in [5.41, 5.74) is -0.482. The molecule has 0 radical (unpaired) electrons. The lowest BCUT2D eigenvalue weighted by Crippen LogP contribution is -2.39. The van der Waals surface area contributed by atoms with Crippen molar-refractivity contribution in [3.05, 3.63) is 0 Å². The van der Waals surface area contributed by atoms with Crippen molar-refractivity contribution in [2.24, 2.45) is 17.3 Å². The third-order valence-corrected chi connectivity index (χ3v) is 3.93. The van der Waals surface area contributed by atoms with Crippen LogP contribution in [0, 0.1) is 17.3 Å². The number of ether oxygens (including phenoxy) is 1. The van der Waals surface area contributed by atoms with E-state index in [1.54, 1.807) is 6.92 Å². The SMILES string of the molecule is CCOC(=O)C(C(=O)C(C)(C)C)C1CCCCCC1. The van der Waals surface area contributed by atoms with Crippen molar-refractivity contribution in [1.29, 1.82) is 0 Å². The second-order valence-electron chi connectivity index (χ2n) is 6.60. The monoisotopic (exact) mass is 268 g/mol. The van der Waals surface area contributed by atoms with Gasteiger partial charge in [0.25, 0.3) is 0 Å². The van der Waals surface area contributed by atoms with Gasteiger partial charge in [0.05, 0.1) is 6.61 Å². The van der Waals surface area contributed by atoms with Gasteiger partial charge in [-0.1, -0.05) is 46.5 Å². The van der Waals surface area contributed by atoms with Crippen LogP contribution < -0.4 is 0 Å². The maximum Gasteiger partial charge on any atom is 0.316 e. The fourth-order valence-corrected chi connectivity index (χ4v) is 2.86. The lowest BCUT2D eigenvalue weighted by molar-refractivity contribution is -0.156. The molecule has 1 rings (SSSR count). The Labute approximate surface area is 117 Å². The van der Waals surface area contributed by atoms with E-state index < -0.39 is 11.3 Å². The standard InChI is InChI=1S/C16H28O3/c1-5-19-15(18)13(14(17)16(2,3)4)12-10-8-6-7-9-11-12/h12-13H,5-11H2,1-4H3. The second-order valence-corrected chi connectivity index (χ2v) is 6.60. The van der Waals surface area contributed by atoms with Crippen LogP contribution in [0.25, 0.3) is 0 Å². The lowest BCUT2D eigenvalue weighted by atomic mass is 9.74. The summed E-state index contributed by atoms with van der Waals surface area (Å²) in [6.45, 7) is 7.80. The highest BCUT2D eigenvalue weighted by Gasteiger charge is 2.40. The zero-order chi connectivity index (χ0) is 14.5. The summed E-state index contributed by atoms with van der Waals surface area (Å²) in [6.07, 6.45) is 6.64. The highest BCUT2D eigenvalue weighted by molar-refractivity contribution is 6.01. The Morgan fingerprint density at radius 1 is 1.11 bits per heavy atom. The van der Waals surface area contributed by atoms with Gasteiger partial charge in [-0.2, -0.15) is 0 Å². The molecule has 0 heterocycles. The number of carbonyl (C=O) groups is 2. The first kappa shape index (κ1) is 16.2. The third kappa shape index (κ3) is 4.63. The van der Waals surface area contributed by atoms with Crippen molar-refractivity contribution in [2.45, 2.75) is 66.2 Å². The summed E-state index contributed by atoms with van der Waals surface area (Å²) in [5.74, 6) is -0.654. The topological polar surface area (TPSA) is 43.4 Å². The van der Waals surface area contributed by atoms with Gasteiger partial charge in [0.15, 0.2) is 5.78 Å². The van der Waals surface area contributed by atoms with E-state index >= 15 is 0 Å². The molecule has 0 bridgehead atoms. The summed E-state index contributed by atoms with van der Waals surface area (Å²) in [4.78, 5) is 24.8. The molecule has 3 nitrogen and oxygen atoms in total.